The molecule has 22 heavy (non-hydrogen) atoms. The lowest BCUT2D eigenvalue weighted by Crippen LogP contribution is -2.11. The Morgan fingerprint density at radius 1 is 1.23 bits per heavy atom. The van der Waals surface area contributed by atoms with Gasteiger partial charge in [-0.15, -0.1) is 11.3 Å². The molecule has 0 bridgehead atoms. The summed E-state index contributed by atoms with van der Waals surface area (Å²) in [6.45, 7) is 4.78. The second-order valence-electron chi connectivity index (χ2n) is 5.17. The Labute approximate surface area is 135 Å². The van der Waals surface area contributed by atoms with Crippen molar-refractivity contribution in [3.63, 3.8) is 0 Å². The summed E-state index contributed by atoms with van der Waals surface area (Å²) in [4.78, 5) is 4.82. The minimum absolute atomic E-state index is 0.254. The van der Waals surface area contributed by atoms with Crippen LogP contribution in [0, 0.1) is 0 Å². The normalized spacial score (nSPS) is 12.5. The van der Waals surface area contributed by atoms with E-state index in [4.69, 9.17) is 9.72 Å². The van der Waals surface area contributed by atoms with Gasteiger partial charge in [0.1, 0.15) is 10.8 Å². The SMILES string of the molecule is CCOc1ccc2ccccc2c1-c1csc(C(C)NC)n1. The summed E-state index contributed by atoms with van der Waals surface area (Å²) >= 11 is 1.68. The van der Waals surface area contributed by atoms with Crippen molar-refractivity contribution in [2.45, 2.75) is 19.9 Å². The molecule has 3 rings (SSSR count). The summed E-state index contributed by atoms with van der Waals surface area (Å²) in [6.07, 6.45) is 0. The van der Waals surface area contributed by atoms with Gasteiger partial charge in [0.05, 0.1) is 23.9 Å². The zero-order valence-corrected chi connectivity index (χ0v) is 13.9. The quantitative estimate of drug-likeness (QED) is 0.745. The summed E-state index contributed by atoms with van der Waals surface area (Å²) < 4.78 is 5.84. The number of hydrogen-bond donors (Lipinski definition) is 1. The van der Waals surface area contributed by atoms with Crippen molar-refractivity contribution in [3.8, 4) is 17.0 Å². The van der Waals surface area contributed by atoms with Crippen molar-refractivity contribution < 1.29 is 4.74 Å². The minimum Gasteiger partial charge on any atom is -0.493 e. The molecule has 1 atom stereocenters. The molecule has 3 aromatic rings. The van der Waals surface area contributed by atoms with Gasteiger partial charge in [0, 0.05) is 5.38 Å². The summed E-state index contributed by atoms with van der Waals surface area (Å²) in [7, 11) is 1.95. The summed E-state index contributed by atoms with van der Waals surface area (Å²) in [5, 5.41) is 8.84. The Morgan fingerprint density at radius 2 is 2.05 bits per heavy atom. The molecule has 1 N–H and O–H groups in total. The molecule has 3 nitrogen and oxygen atoms in total. The van der Waals surface area contributed by atoms with Crippen molar-refractivity contribution >= 4 is 22.1 Å². The van der Waals surface area contributed by atoms with Crippen LogP contribution in [0.15, 0.2) is 41.8 Å². The molecule has 0 spiro atoms. The maximum Gasteiger partial charge on any atom is 0.129 e. The molecule has 1 aromatic heterocycles. The second-order valence-corrected chi connectivity index (χ2v) is 6.06. The summed E-state index contributed by atoms with van der Waals surface area (Å²) in [5.74, 6) is 0.898. The molecule has 0 aliphatic heterocycles. The van der Waals surface area contributed by atoms with Crippen molar-refractivity contribution in [2.75, 3.05) is 13.7 Å². The number of rotatable bonds is 5. The molecule has 0 fully saturated rings. The molecule has 1 heterocycles. The van der Waals surface area contributed by atoms with Gasteiger partial charge >= 0.3 is 0 Å². The number of benzene rings is 2. The van der Waals surface area contributed by atoms with E-state index >= 15 is 0 Å². The largest absolute Gasteiger partial charge is 0.493 e. The number of aromatic nitrogens is 1. The number of nitrogens with zero attached hydrogens (tertiary/aromatic N) is 1. The van der Waals surface area contributed by atoms with E-state index in [1.165, 1.54) is 10.8 Å². The average molecular weight is 312 g/mol. The lowest BCUT2D eigenvalue weighted by atomic mass is 10.0. The maximum atomic E-state index is 5.84. The van der Waals surface area contributed by atoms with Crippen LogP contribution in [0.5, 0.6) is 5.75 Å². The highest BCUT2D eigenvalue weighted by molar-refractivity contribution is 7.10. The number of fused-ring (bicyclic) bond motifs is 1. The first-order valence-electron chi connectivity index (χ1n) is 7.52. The van der Waals surface area contributed by atoms with Crippen LogP contribution in [-0.4, -0.2) is 18.6 Å². The number of hydrogen-bond acceptors (Lipinski definition) is 4. The topological polar surface area (TPSA) is 34.1 Å². The minimum atomic E-state index is 0.254. The Balaban J connectivity index is 2.18. The number of ether oxygens (including phenoxy) is 1. The molecular weight excluding hydrogens is 292 g/mol. The fourth-order valence-corrected chi connectivity index (χ4v) is 3.39. The summed E-state index contributed by atoms with van der Waals surface area (Å²) in [5.41, 5.74) is 2.08. The third kappa shape index (κ3) is 2.72. The highest BCUT2D eigenvalue weighted by Crippen LogP contribution is 2.38. The van der Waals surface area contributed by atoms with Gasteiger partial charge in [-0.3, -0.25) is 0 Å². The van der Waals surface area contributed by atoms with Gasteiger partial charge < -0.3 is 10.1 Å². The Kier molecular flexibility index (Phi) is 4.41. The van der Waals surface area contributed by atoms with E-state index in [1.807, 2.05) is 20.0 Å². The predicted molar refractivity (Wildman–Crippen MR) is 93.7 cm³/mol. The molecular formula is C18H20N2OS. The number of nitrogens with one attached hydrogen (secondary N) is 1. The standard InChI is InChI=1S/C18H20N2OS/c1-4-21-16-10-9-13-7-5-6-8-14(13)17(16)15-11-22-18(20-15)12(2)19-3/h5-12,19H,4H2,1-3H3. The first-order chi connectivity index (χ1) is 10.7. The fraction of sp³-hybridized carbons (Fsp3) is 0.278. The molecule has 0 aliphatic carbocycles. The molecule has 0 amide bonds. The van der Waals surface area contributed by atoms with Gasteiger partial charge in [-0.1, -0.05) is 30.3 Å². The molecule has 1 unspecified atom stereocenters. The lowest BCUT2D eigenvalue weighted by molar-refractivity contribution is 0.342. The van der Waals surface area contributed by atoms with Gasteiger partial charge in [0.15, 0.2) is 0 Å². The third-order valence-electron chi connectivity index (χ3n) is 3.77. The van der Waals surface area contributed by atoms with E-state index in [2.05, 4.69) is 48.0 Å². The third-order valence-corrected chi connectivity index (χ3v) is 4.80. The molecule has 4 heteroatoms. The van der Waals surface area contributed by atoms with Crippen molar-refractivity contribution in [1.82, 2.24) is 10.3 Å². The average Bonchev–Trinajstić information content (AvgIpc) is 3.03. The smallest absolute Gasteiger partial charge is 0.129 e. The van der Waals surface area contributed by atoms with Crippen LogP contribution in [0.3, 0.4) is 0 Å². The Morgan fingerprint density at radius 3 is 2.82 bits per heavy atom. The second kappa shape index (κ2) is 6.46. The number of thiazole rings is 1. The van der Waals surface area contributed by atoms with E-state index in [0.717, 1.165) is 22.0 Å². The van der Waals surface area contributed by atoms with E-state index in [9.17, 15) is 0 Å². The van der Waals surface area contributed by atoms with E-state index < -0.39 is 0 Å². The van der Waals surface area contributed by atoms with Gasteiger partial charge in [-0.2, -0.15) is 0 Å². The molecule has 0 saturated heterocycles. The molecule has 0 aliphatic rings. The van der Waals surface area contributed by atoms with Crippen LogP contribution in [0.4, 0.5) is 0 Å². The first kappa shape index (κ1) is 15.0. The lowest BCUT2D eigenvalue weighted by Gasteiger charge is -2.12. The highest BCUT2D eigenvalue weighted by atomic mass is 32.1. The van der Waals surface area contributed by atoms with Gasteiger partial charge in [-0.05, 0) is 37.7 Å². The maximum absolute atomic E-state index is 5.84. The zero-order chi connectivity index (χ0) is 15.5. The van der Waals surface area contributed by atoms with E-state index in [1.54, 1.807) is 11.3 Å². The molecule has 114 valence electrons. The monoisotopic (exact) mass is 312 g/mol. The van der Waals surface area contributed by atoms with Gasteiger partial charge in [-0.25, -0.2) is 4.98 Å². The first-order valence-corrected chi connectivity index (χ1v) is 8.40. The zero-order valence-electron chi connectivity index (χ0n) is 13.1. The van der Waals surface area contributed by atoms with Crippen LogP contribution < -0.4 is 10.1 Å². The van der Waals surface area contributed by atoms with Gasteiger partial charge in [0.25, 0.3) is 0 Å². The van der Waals surface area contributed by atoms with Crippen LogP contribution in [0.25, 0.3) is 22.0 Å². The van der Waals surface area contributed by atoms with Crippen LogP contribution >= 0.6 is 11.3 Å². The highest BCUT2D eigenvalue weighted by Gasteiger charge is 2.16. The molecule has 0 saturated carbocycles. The van der Waals surface area contributed by atoms with Crippen LogP contribution in [0.1, 0.15) is 24.9 Å². The summed E-state index contributed by atoms with van der Waals surface area (Å²) in [6, 6.07) is 12.8. The van der Waals surface area contributed by atoms with E-state index in [0.29, 0.717) is 6.61 Å². The van der Waals surface area contributed by atoms with Crippen molar-refractivity contribution in [3.05, 3.63) is 46.8 Å². The Hall–Kier alpha value is -1.91. The van der Waals surface area contributed by atoms with Crippen LogP contribution in [-0.2, 0) is 0 Å². The van der Waals surface area contributed by atoms with Crippen molar-refractivity contribution in [1.29, 1.82) is 0 Å². The van der Waals surface area contributed by atoms with E-state index in [-0.39, 0.29) is 6.04 Å². The fourth-order valence-electron chi connectivity index (χ4n) is 2.52. The van der Waals surface area contributed by atoms with Gasteiger partial charge in [0.2, 0.25) is 0 Å². The van der Waals surface area contributed by atoms with Crippen LogP contribution in [0.2, 0.25) is 0 Å². The Bertz CT molecular complexity index is 782. The van der Waals surface area contributed by atoms with Crippen molar-refractivity contribution in [2.24, 2.45) is 0 Å². The predicted octanol–water partition coefficient (Wildman–Crippen LogP) is 4.64. The molecule has 2 aromatic carbocycles. The molecule has 0 radical (unpaired) electrons.